The van der Waals surface area contributed by atoms with Gasteiger partial charge in [0.2, 0.25) is 5.91 Å². The number of piperidine rings is 1. The van der Waals surface area contributed by atoms with Gasteiger partial charge in [-0.15, -0.1) is 0 Å². The molecule has 3 aromatic rings. The van der Waals surface area contributed by atoms with Crippen LogP contribution in [0.1, 0.15) is 50.2 Å². The van der Waals surface area contributed by atoms with Crippen LogP contribution in [0.4, 0.5) is 14.5 Å². The zero-order valence-electron chi connectivity index (χ0n) is 21.7. The Hall–Kier alpha value is -3.56. The van der Waals surface area contributed by atoms with Crippen LogP contribution in [0.2, 0.25) is 0 Å². The van der Waals surface area contributed by atoms with Gasteiger partial charge in [-0.25, -0.2) is 8.78 Å². The fourth-order valence-electron chi connectivity index (χ4n) is 5.74. The second-order valence-corrected chi connectivity index (χ2v) is 11.0. The van der Waals surface area contributed by atoms with Gasteiger partial charge in [0.1, 0.15) is 0 Å². The van der Waals surface area contributed by atoms with Crippen LogP contribution >= 0.6 is 0 Å². The molecule has 38 heavy (non-hydrogen) atoms. The molecule has 1 heterocycles. The van der Waals surface area contributed by atoms with E-state index in [0.29, 0.717) is 12.0 Å². The molecule has 2 fully saturated rings. The summed E-state index contributed by atoms with van der Waals surface area (Å²) in [5.41, 5.74) is 4.01. The van der Waals surface area contributed by atoms with Crippen molar-refractivity contribution in [3.8, 4) is 17.2 Å². The number of nitriles is 1. The third-order valence-electron chi connectivity index (χ3n) is 8.18. The molecule has 0 spiro atoms. The monoisotopic (exact) mass is 513 g/mol. The summed E-state index contributed by atoms with van der Waals surface area (Å²) in [7, 11) is 0. The van der Waals surface area contributed by atoms with Gasteiger partial charge < -0.3 is 10.2 Å². The van der Waals surface area contributed by atoms with Crippen molar-refractivity contribution in [1.82, 2.24) is 4.90 Å². The number of rotatable bonds is 8. The maximum atomic E-state index is 13.7. The van der Waals surface area contributed by atoms with Crippen molar-refractivity contribution in [2.75, 3.05) is 25.0 Å². The molecule has 1 saturated carbocycles. The number of hydrogen-bond acceptors (Lipinski definition) is 3. The molecule has 0 aromatic heterocycles. The Balaban J connectivity index is 1.35. The first-order chi connectivity index (χ1) is 18.3. The zero-order chi connectivity index (χ0) is 26.7. The highest BCUT2D eigenvalue weighted by Gasteiger charge is 2.39. The number of nitrogens with one attached hydrogen (secondary N) is 1. The number of benzene rings is 3. The number of hydrogen-bond donors (Lipinski definition) is 1. The number of carbonyl (C=O) groups excluding carboxylic acids is 1. The van der Waals surface area contributed by atoms with Crippen LogP contribution in [0, 0.1) is 34.8 Å². The standard InChI is InChI=1S/C32H33F2N3O/c1-22(31(38)36-28-11-12-29(33)30(34)18-28)19-32(13-15-37(16-14-32)21-23-5-6-23)27-9-7-25(8-10-27)26-4-2-3-24(17-26)20-35/h2-4,7-12,17-18,22-23H,5-6,13-16,19,21H2,1H3,(H,36,38). The molecule has 1 aliphatic carbocycles. The molecule has 1 N–H and O–H groups in total. The topological polar surface area (TPSA) is 56.1 Å². The Kier molecular flexibility index (Phi) is 7.58. The van der Waals surface area contributed by atoms with Crippen molar-refractivity contribution < 1.29 is 13.6 Å². The predicted octanol–water partition coefficient (Wildman–Crippen LogP) is 6.91. The molecule has 3 aromatic carbocycles. The molecule has 0 bridgehead atoms. The van der Waals surface area contributed by atoms with E-state index in [1.54, 1.807) is 6.07 Å². The van der Waals surface area contributed by atoms with Gasteiger partial charge in [0, 0.05) is 24.2 Å². The summed E-state index contributed by atoms with van der Waals surface area (Å²) < 4.78 is 27.0. The van der Waals surface area contributed by atoms with Crippen LogP contribution in [0.25, 0.3) is 11.1 Å². The van der Waals surface area contributed by atoms with E-state index in [2.05, 4.69) is 40.6 Å². The minimum atomic E-state index is -0.977. The molecule has 1 saturated heterocycles. The lowest BCUT2D eigenvalue weighted by Crippen LogP contribution is -2.45. The Labute approximate surface area is 223 Å². The fraction of sp³-hybridized carbons (Fsp3) is 0.375. The van der Waals surface area contributed by atoms with Crippen LogP contribution < -0.4 is 5.32 Å². The van der Waals surface area contributed by atoms with Gasteiger partial charge in [-0.1, -0.05) is 43.3 Å². The fourth-order valence-corrected chi connectivity index (χ4v) is 5.74. The molecule has 2 aliphatic rings. The minimum Gasteiger partial charge on any atom is -0.326 e. The molecule has 4 nitrogen and oxygen atoms in total. The van der Waals surface area contributed by atoms with E-state index >= 15 is 0 Å². The van der Waals surface area contributed by atoms with E-state index in [9.17, 15) is 18.8 Å². The maximum absolute atomic E-state index is 13.7. The lowest BCUT2D eigenvalue weighted by atomic mass is 9.67. The first kappa shape index (κ1) is 26.1. The zero-order valence-corrected chi connectivity index (χ0v) is 21.7. The second-order valence-electron chi connectivity index (χ2n) is 11.0. The van der Waals surface area contributed by atoms with E-state index < -0.39 is 11.6 Å². The summed E-state index contributed by atoms with van der Waals surface area (Å²) in [5, 5.41) is 12.0. The smallest absolute Gasteiger partial charge is 0.227 e. The van der Waals surface area contributed by atoms with Crippen molar-refractivity contribution in [1.29, 1.82) is 5.26 Å². The molecular weight excluding hydrogens is 480 g/mol. The Morgan fingerprint density at radius 3 is 2.42 bits per heavy atom. The third kappa shape index (κ3) is 5.95. The van der Waals surface area contributed by atoms with Gasteiger partial charge in [-0.05, 0) is 97.5 Å². The van der Waals surface area contributed by atoms with E-state index in [-0.39, 0.29) is 22.9 Å². The lowest BCUT2D eigenvalue weighted by Gasteiger charge is -2.44. The molecule has 6 heteroatoms. The highest BCUT2D eigenvalue weighted by Crippen LogP contribution is 2.43. The number of likely N-dealkylation sites (tertiary alicyclic amines) is 1. The second kappa shape index (κ2) is 11.0. The van der Waals surface area contributed by atoms with Crippen LogP contribution in [0.5, 0.6) is 0 Å². The first-order valence-electron chi connectivity index (χ1n) is 13.4. The average Bonchev–Trinajstić information content (AvgIpc) is 3.76. The number of halogens is 2. The van der Waals surface area contributed by atoms with Gasteiger partial charge in [0.05, 0.1) is 11.6 Å². The predicted molar refractivity (Wildman–Crippen MR) is 145 cm³/mol. The van der Waals surface area contributed by atoms with Crippen molar-refractivity contribution >= 4 is 11.6 Å². The van der Waals surface area contributed by atoms with Crippen LogP contribution in [-0.2, 0) is 10.2 Å². The van der Waals surface area contributed by atoms with E-state index in [0.717, 1.165) is 61.7 Å². The molecule has 1 atom stereocenters. The molecular formula is C32H33F2N3O. The molecule has 0 radical (unpaired) electrons. The first-order valence-corrected chi connectivity index (χ1v) is 13.4. The van der Waals surface area contributed by atoms with Crippen molar-refractivity contribution in [2.24, 2.45) is 11.8 Å². The van der Waals surface area contributed by atoms with Gasteiger partial charge in [0.25, 0.3) is 0 Å². The average molecular weight is 514 g/mol. The normalized spacial score (nSPS) is 17.9. The third-order valence-corrected chi connectivity index (χ3v) is 8.18. The molecule has 196 valence electrons. The molecule has 1 amide bonds. The summed E-state index contributed by atoms with van der Waals surface area (Å²) in [5.74, 6) is -1.58. The van der Waals surface area contributed by atoms with E-state index in [1.807, 2.05) is 25.1 Å². The summed E-state index contributed by atoms with van der Waals surface area (Å²) in [6, 6.07) is 21.8. The summed E-state index contributed by atoms with van der Waals surface area (Å²) in [6.45, 7) is 5.08. The van der Waals surface area contributed by atoms with Gasteiger partial charge in [0.15, 0.2) is 11.6 Å². The molecule has 1 unspecified atom stereocenters. The van der Waals surface area contributed by atoms with Crippen molar-refractivity contribution in [2.45, 2.75) is 44.4 Å². The SMILES string of the molecule is CC(CC1(c2ccc(-c3cccc(C#N)c3)cc2)CCN(CC2CC2)CC1)C(=O)Nc1ccc(F)c(F)c1. The lowest BCUT2D eigenvalue weighted by molar-refractivity contribution is -0.120. The van der Waals surface area contributed by atoms with Gasteiger partial charge in [-0.3, -0.25) is 4.79 Å². The van der Waals surface area contributed by atoms with E-state index in [1.165, 1.54) is 24.5 Å². The number of amides is 1. The van der Waals surface area contributed by atoms with E-state index in [4.69, 9.17) is 0 Å². The Morgan fingerprint density at radius 1 is 1.03 bits per heavy atom. The molecule has 5 rings (SSSR count). The van der Waals surface area contributed by atoms with Crippen molar-refractivity contribution in [3.63, 3.8) is 0 Å². The summed E-state index contributed by atoms with van der Waals surface area (Å²) in [6.07, 6.45) is 5.26. The number of nitrogens with zero attached hydrogens (tertiary/aromatic N) is 2. The molecule has 1 aliphatic heterocycles. The minimum absolute atomic E-state index is 0.155. The largest absolute Gasteiger partial charge is 0.326 e. The highest BCUT2D eigenvalue weighted by atomic mass is 19.2. The number of anilines is 1. The highest BCUT2D eigenvalue weighted by molar-refractivity contribution is 5.92. The van der Waals surface area contributed by atoms with Gasteiger partial charge in [-0.2, -0.15) is 5.26 Å². The maximum Gasteiger partial charge on any atom is 0.227 e. The van der Waals surface area contributed by atoms with Crippen LogP contribution in [0.3, 0.4) is 0 Å². The van der Waals surface area contributed by atoms with Crippen LogP contribution in [-0.4, -0.2) is 30.4 Å². The van der Waals surface area contributed by atoms with Crippen LogP contribution in [0.15, 0.2) is 66.7 Å². The summed E-state index contributed by atoms with van der Waals surface area (Å²) >= 11 is 0. The summed E-state index contributed by atoms with van der Waals surface area (Å²) in [4.78, 5) is 15.7. The Bertz CT molecular complexity index is 1340. The Morgan fingerprint density at radius 2 is 1.76 bits per heavy atom. The number of carbonyl (C=O) groups is 1. The quantitative estimate of drug-likeness (QED) is 0.356. The van der Waals surface area contributed by atoms with Crippen molar-refractivity contribution in [3.05, 3.63) is 89.5 Å². The van der Waals surface area contributed by atoms with Gasteiger partial charge >= 0.3 is 0 Å².